The fourth-order valence-electron chi connectivity index (χ4n) is 3.04. The van der Waals surface area contributed by atoms with E-state index in [0.717, 1.165) is 37.4 Å². The van der Waals surface area contributed by atoms with Crippen molar-refractivity contribution in [1.29, 1.82) is 0 Å². The standard InChI is InChI=1S/C17H23N3/c1-2-12-20(15-7-5-11-18-13-15)17-10-9-14-6-3-4-8-16(14)19-17/h3-4,6,8-10,15,18H,2,5,7,11-13H2,1H3. The average molecular weight is 269 g/mol. The Morgan fingerprint density at radius 3 is 2.95 bits per heavy atom. The van der Waals surface area contributed by atoms with E-state index in [4.69, 9.17) is 4.98 Å². The molecule has 1 aliphatic heterocycles. The van der Waals surface area contributed by atoms with Crippen LogP contribution in [0.1, 0.15) is 26.2 Å². The van der Waals surface area contributed by atoms with Crippen LogP contribution in [0.3, 0.4) is 0 Å². The maximum absolute atomic E-state index is 4.87. The van der Waals surface area contributed by atoms with Crippen molar-refractivity contribution in [3.8, 4) is 0 Å². The fraction of sp³-hybridized carbons (Fsp3) is 0.471. The first kappa shape index (κ1) is 13.4. The lowest BCUT2D eigenvalue weighted by Crippen LogP contribution is -2.46. The first-order valence-electron chi connectivity index (χ1n) is 7.71. The number of nitrogens with zero attached hydrogens (tertiary/aromatic N) is 2. The summed E-state index contributed by atoms with van der Waals surface area (Å²) in [7, 11) is 0. The third-order valence-corrected chi connectivity index (χ3v) is 4.05. The maximum atomic E-state index is 4.87. The van der Waals surface area contributed by atoms with Crippen LogP contribution < -0.4 is 10.2 Å². The summed E-state index contributed by atoms with van der Waals surface area (Å²) in [6.07, 6.45) is 3.69. The van der Waals surface area contributed by atoms with E-state index in [0.29, 0.717) is 6.04 Å². The van der Waals surface area contributed by atoms with Crippen molar-refractivity contribution >= 4 is 16.7 Å². The van der Waals surface area contributed by atoms with E-state index in [9.17, 15) is 0 Å². The number of anilines is 1. The molecule has 106 valence electrons. The molecule has 0 spiro atoms. The predicted octanol–water partition coefficient (Wildman–Crippen LogP) is 3.20. The van der Waals surface area contributed by atoms with Gasteiger partial charge in [-0.1, -0.05) is 25.1 Å². The second-order valence-electron chi connectivity index (χ2n) is 5.56. The van der Waals surface area contributed by atoms with Crippen LogP contribution in [-0.2, 0) is 0 Å². The molecule has 1 atom stereocenters. The zero-order chi connectivity index (χ0) is 13.8. The summed E-state index contributed by atoms with van der Waals surface area (Å²) in [6.45, 7) is 5.55. The van der Waals surface area contributed by atoms with Crippen LogP contribution in [0.4, 0.5) is 5.82 Å². The highest BCUT2D eigenvalue weighted by atomic mass is 15.2. The van der Waals surface area contributed by atoms with Crippen molar-refractivity contribution in [2.45, 2.75) is 32.2 Å². The fourth-order valence-corrected chi connectivity index (χ4v) is 3.04. The second-order valence-corrected chi connectivity index (χ2v) is 5.56. The average Bonchev–Trinajstić information content (AvgIpc) is 2.53. The lowest BCUT2D eigenvalue weighted by atomic mass is 10.1. The number of fused-ring (bicyclic) bond motifs is 1. The van der Waals surface area contributed by atoms with Gasteiger partial charge in [0.25, 0.3) is 0 Å². The molecule has 0 saturated carbocycles. The summed E-state index contributed by atoms with van der Waals surface area (Å²) >= 11 is 0. The number of pyridine rings is 1. The van der Waals surface area contributed by atoms with Crippen LogP contribution >= 0.6 is 0 Å². The third-order valence-electron chi connectivity index (χ3n) is 4.05. The highest BCUT2D eigenvalue weighted by Gasteiger charge is 2.21. The molecule has 2 heterocycles. The van der Waals surface area contributed by atoms with Crippen LogP contribution in [-0.4, -0.2) is 30.7 Å². The van der Waals surface area contributed by atoms with Crippen molar-refractivity contribution in [1.82, 2.24) is 10.3 Å². The van der Waals surface area contributed by atoms with Gasteiger partial charge in [0.2, 0.25) is 0 Å². The molecule has 3 nitrogen and oxygen atoms in total. The molecule has 1 aliphatic rings. The smallest absolute Gasteiger partial charge is 0.129 e. The van der Waals surface area contributed by atoms with Gasteiger partial charge < -0.3 is 10.2 Å². The van der Waals surface area contributed by atoms with Crippen LogP contribution in [0, 0.1) is 0 Å². The van der Waals surface area contributed by atoms with Gasteiger partial charge in [-0.3, -0.25) is 0 Å². The number of rotatable bonds is 4. The Hall–Kier alpha value is -1.61. The van der Waals surface area contributed by atoms with Gasteiger partial charge in [-0.25, -0.2) is 4.98 Å². The van der Waals surface area contributed by atoms with Gasteiger partial charge in [-0.05, 0) is 44.0 Å². The summed E-state index contributed by atoms with van der Waals surface area (Å²) in [5.74, 6) is 1.12. The largest absolute Gasteiger partial charge is 0.352 e. The van der Waals surface area contributed by atoms with Crippen LogP contribution in [0.25, 0.3) is 10.9 Å². The van der Waals surface area contributed by atoms with Crippen molar-refractivity contribution in [2.75, 3.05) is 24.5 Å². The van der Waals surface area contributed by atoms with Crippen LogP contribution in [0.2, 0.25) is 0 Å². The Morgan fingerprint density at radius 1 is 1.25 bits per heavy atom. The minimum absolute atomic E-state index is 0.581. The van der Waals surface area contributed by atoms with E-state index in [2.05, 4.69) is 53.5 Å². The minimum Gasteiger partial charge on any atom is -0.352 e. The summed E-state index contributed by atoms with van der Waals surface area (Å²) in [6, 6.07) is 13.3. The van der Waals surface area contributed by atoms with Crippen LogP contribution in [0.5, 0.6) is 0 Å². The highest BCUT2D eigenvalue weighted by Crippen LogP contribution is 2.22. The topological polar surface area (TPSA) is 28.2 Å². The van der Waals surface area contributed by atoms with E-state index in [-0.39, 0.29) is 0 Å². The van der Waals surface area contributed by atoms with E-state index >= 15 is 0 Å². The van der Waals surface area contributed by atoms with Crippen molar-refractivity contribution in [3.05, 3.63) is 36.4 Å². The Kier molecular flexibility index (Phi) is 4.16. The number of aromatic nitrogens is 1. The number of hydrogen-bond acceptors (Lipinski definition) is 3. The van der Waals surface area contributed by atoms with Gasteiger partial charge >= 0.3 is 0 Å². The van der Waals surface area contributed by atoms with Gasteiger partial charge in [0.15, 0.2) is 0 Å². The SMILES string of the molecule is CCCN(c1ccc2ccccc2n1)C1CCCNC1. The number of hydrogen-bond donors (Lipinski definition) is 1. The molecule has 1 aromatic heterocycles. The van der Waals surface area contributed by atoms with Crippen molar-refractivity contribution in [2.24, 2.45) is 0 Å². The van der Waals surface area contributed by atoms with E-state index in [1.54, 1.807) is 0 Å². The zero-order valence-corrected chi connectivity index (χ0v) is 12.2. The molecule has 0 bridgehead atoms. The molecule has 2 aromatic rings. The Bertz CT molecular complexity index is 561. The van der Waals surface area contributed by atoms with Crippen LogP contribution in [0.15, 0.2) is 36.4 Å². The maximum Gasteiger partial charge on any atom is 0.129 e. The van der Waals surface area contributed by atoms with Gasteiger partial charge in [-0.15, -0.1) is 0 Å². The number of benzene rings is 1. The molecule has 3 heteroatoms. The molecular formula is C17H23N3. The lowest BCUT2D eigenvalue weighted by molar-refractivity contribution is 0.429. The zero-order valence-electron chi connectivity index (χ0n) is 12.2. The summed E-state index contributed by atoms with van der Waals surface area (Å²) in [5.41, 5.74) is 1.09. The van der Waals surface area contributed by atoms with Gasteiger partial charge in [-0.2, -0.15) is 0 Å². The molecule has 1 N–H and O–H groups in total. The molecule has 20 heavy (non-hydrogen) atoms. The van der Waals surface area contributed by atoms with Gasteiger partial charge in [0.05, 0.1) is 5.52 Å². The minimum atomic E-state index is 0.581. The molecular weight excluding hydrogens is 246 g/mol. The molecule has 1 fully saturated rings. The summed E-state index contributed by atoms with van der Waals surface area (Å²) in [4.78, 5) is 7.35. The Labute approximate surface area is 121 Å². The highest BCUT2D eigenvalue weighted by molar-refractivity contribution is 5.80. The quantitative estimate of drug-likeness (QED) is 0.924. The second kappa shape index (κ2) is 6.23. The van der Waals surface area contributed by atoms with Gasteiger partial charge in [0.1, 0.15) is 5.82 Å². The first-order chi connectivity index (χ1) is 9.88. The molecule has 0 amide bonds. The Morgan fingerprint density at radius 2 is 2.15 bits per heavy atom. The number of nitrogens with one attached hydrogen (secondary N) is 1. The predicted molar refractivity (Wildman–Crippen MR) is 85.3 cm³/mol. The summed E-state index contributed by atoms with van der Waals surface area (Å²) < 4.78 is 0. The normalized spacial score (nSPS) is 19.1. The number of para-hydroxylation sites is 1. The third kappa shape index (κ3) is 2.78. The lowest BCUT2D eigenvalue weighted by Gasteiger charge is -2.35. The molecule has 0 aliphatic carbocycles. The molecule has 3 rings (SSSR count). The molecule has 1 unspecified atom stereocenters. The number of piperidine rings is 1. The van der Waals surface area contributed by atoms with E-state index in [1.165, 1.54) is 18.2 Å². The van der Waals surface area contributed by atoms with Gasteiger partial charge in [0, 0.05) is 24.5 Å². The molecule has 0 radical (unpaired) electrons. The van der Waals surface area contributed by atoms with E-state index in [1.807, 2.05) is 0 Å². The van der Waals surface area contributed by atoms with Crippen molar-refractivity contribution in [3.63, 3.8) is 0 Å². The Balaban J connectivity index is 1.91. The van der Waals surface area contributed by atoms with E-state index < -0.39 is 0 Å². The van der Waals surface area contributed by atoms with Crippen molar-refractivity contribution < 1.29 is 0 Å². The first-order valence-corrected chi connectivity index (χ1v) is 7.71. The monoisotopic (exact) mass is 269 g/mol. The molecule has 1 saturated heterocycles. The summed E-state index contributed by atoms with van der Waals surface area (Å²) in [5, 5.41) is 4.73. The molecule has 1 aromatic carbocycles.